The van der Waals surface area contributed by atoms with Crippen molar-refractivity contribution in [1.29, 1.82) is 0 Å². The Kier molecular flexibility index (Phi) is 4.76. The van der Waals surface area contributed by atoms with Gasteiger partial charge in [0.15, 0.2) is 0 Å². The number of thiophene rings is 1. The average Bonchev–Trinajstić information content (AvgIpc) is 3.26. The highest BCUT2D eigenvalue weighted by Crippen LogP contribution is 2.25. The molecule has 0 aliphatic carbocycles. The average molecular weight is 346 g/mol. The van der Waals surface area contributed by atoms with Crippen LogP contribution in [0.4, 0.5) is 0 Å². The van der Waals surface area contributed by atoms with E-state index < -0.39 is 6.04 Å². The van der Waals surface area contributed by atoms with Crippen LogP contribution in [0.2, 0.25) is 0 Å². The van der Waals surface area contributed by atoms with E-state index in [1.54, 1.807) is 11.0 Å². The van der Waals surface area contributed by atoms with Gasteiger partial charge in [-0.05, 0) is 51.1 Å². The standard InChI is InChI=1S/C18H22N2O3S/c1-11-10-14(13(3)23-11)12(2)19-17(21)15-6-4-8-20(15)18(22)16-7-5-9-24-16/h5,7,9-10,12,15H,4,6,8H2,1-3H3,(H,19,21)/t12?,15-/m0/s1. The maximum absolute atomic E-state index is 12.7. The predicted molar refractivity (Wildman–Crippen MR) is 93.1 cm³/mol. The first-order valence-corrected chi connectivity index (χ1v) is 9.07. The third-order valence-corrected chi connectivity index (χ3v) is 5.31. The van der Waals surface area contributed by atoms with Gasteiger partial charge in [-0.15, -0.1) is 11.3 Å². The molecular formula is C18H22N2O3S. The second-order valence-electron chi connectivity index (χ2n) is 6.23. The van der Waals surface area contributed by atoms with Gasteiger partial charge in [-0.1, -0.05) is 6.07 Å². The van der Waals surface area contributed by atoms with Gasteiger partial charge in [0.25, 0.3) is 5.91 Å². The van der Waals surface area contributed by atoms with E-state index in [1.165, 1.54) is 11.3 Å². The van der Waals surface area contributed by atoms with Crippen LogP contribution in [0.3, 0.4) is 0 Å². The molecule has 1 aliphatic rings. The number of furan rings is 1. The van der Waals surface area contributed by atoms with E-state index in [9.17, 15) is 9.59 Å². The van der Waals surface area contributed by atoms with E-state index in [1.807, 2.05) is 38.3 Å². The number of hydrogen-bond donors (Lipinski definition) is 1. The zero-order valence-corrected chi connectivity index (χ0v) is 15.0. The van der Waals surface area contributed by atoms with Crippen LogP contribution in [-0.2, 0) is 4.79 Å². The van der Waals surface area contributed by atoms with E-state index in [2.05, 4.69) is 5.32 Å². The first kappa shape index (κ1) is 16.8. The predicted octanol–water partition coefficient (Wildman–Crippen LogP) is 3.44. The fourth-order valence-electron chi connectivity index (χ4n) is 3.29. The largest absolute Gasteiger partial charge is 0.466 e. The summed E-state index contributed by atoms with van der Waals surface area (Å²) in [5.41, 5.74) is 0.981. The van der Waals surface area contributed by atoms with Gasteiger partial charge >= 0.3 is 0 Å². The Bertz CT molecular complexity index is 736. The molecule has 128 valence electrons. The number of likely N-dealkylation sites (tertiary alicyclic amines) is 1. The second kappa shape index (κ2) is 6.81. The maximum Gasteiger partial charge on any atom is 0.264 e. The van der Waals surface area contributed by atoms with Crippen LogP contribution in [0, 0.1) is 13.8 Å². The molecule has 3 rings (SSSR count). The summed E-state index contributed by atoms with van der Waals surface area (Å²) in [5.74, 6) is 1.51. The van der Waals surface area contributed by atoms with Gasteiger partial charge in [0, 0.05) is 12.1 Å². The number of carbonyl (C=O) groups excluding carboxylic acids is 2. The minimum Gasteiger partial charge on any atom is -0.466 e. The summed E-state index contributed by atoms with van der Waals surface area (Å²) in [6.45, 7) is 6.36. The quantitative estimate of drug-likeness (QED) is 0.922. The Balaban J connectivity index is 1.69. The lowest BCUT2D eigenvalue weighted by Crippen LogP contribution is -2.46. The molecule has 2 amide bonds. The van der Waals surface area contributed by atoms with E-state index in [-0.39, 0.29) is 17.9 Å². The fraction of sp³-hybridized carbons (Fsp3) is 0.444. The first-order valence-electron chi connectivity index (χ1n) is 8.19. The topological polar surface area (TPSA) is 62.6 Å². The summed E-state index contributed by atoms with van der Waals surface area (Å²) in [5, 5.41) is 4.91. The molecule has 2 atom stereocenters. The highest BCUT2D eigenvalue weighted by atomic mass is 32.1. The summed E-state index contributed by atoms with van der Waals surface area (Å²) >= 11 is 1.41. The van der Waals surface area contributed by atoms with Crippen molar-refractivity contribution < 1.29 is 14.0 Å². The van der Waals surface area contributed by atoms with Gasteiger partial charge in [0.05, 0.1) is 10.9 Å². The number of nitrogens with one attached hydrogen (secondary N) is 1. The molecule has 6 heteroatoms. The monoisotopic (exact) mass is 346 g/mol. The molecule has 0 saturated carbocycles. The normalized spacial score (nSPS) is 18.6. The van der Waals surface area contributed by atoms with Crippen LogP contribution >= 0.6 is 11.3 Å². The molecule has 0 aromatic carbocycles. The van der Waals surface area contributed by atoms with E-state index in [0.29, 0.717) is 17.8 Å². The highest BCUT2D eigenvalue weighted by molar-refractivity contribution is 7.12. The van der Waals surface area contributed by atoms with Gasteiger partial charge in [0.2, 0.25) is 5.91 Å². The second-order valence-corrected chi connectivity index (χ2v) is 7.18. The molecule has 0 bridgehead atoms. The third-order valence-electron chi connectivity index (χ3n) is 4.45. The molecule has 3 heterocycles. The molecule has 0 spiro atoms. The van der Waals surface area contributed by atoms with Gasteiger partial charge in [-0.25, -0.2) is 0 Å². The zero-order valence-electron chi connectivity index (χ0n) is 14.2. The number of hydrogen-bond acceptors (Lipinski definition) is 4. The summed E-state index contributed by atoms with van der Waals surface area (Å²) in [6.07, 6.45) is 1.56. The molecule has 1 unspecified atom stereocenters. The van der Waals surface area contributed by atoms with Gasteiger partial charge in [-0.2, -0.15) is 0 Å². The van der Waals surface area contributed by atoms with Crippen molar-refractivity contribution >= 4 is 23.2 Å². The number of amides is 2. The lowest BCUT2D eigenvalue weighted by Gasteiger charge is -2.25. The Morgan fingerprint density at radius 2 is 2.21 bits per heavy atom. The zero-order chi connectivity index (χ0) is 17.3. The van der Waals surface area contributed by atoms with E-state index in [4.69, 9.17) is 4.42 Å². The van der Waals surface area contributed by atoms with Crippen molar-refractivity contribution in [2.75, 3.05) is 6.54 Å². The minimum absolute atomic E-state index is 0.0503. The number of carbonyl (C=O) groups is 2. The maximum atomic E-state index is 12.7. The number of rotatable bonds is 4. The first-order chi connectivity index (χ1) is 11.5. The summed E-state index contributed by atoms with van der Waals surface area (Å²) < 4.78 is 5.54. The SMILES string of the molecule is Cc1cc(C(C)NC(=O)[C@@H]2CCCN2C(=O)c2cccs2)c(C)o1. The van der Waals surface area contributed by atoms with Crippen molar-refractivity contribution in [3.8, 4) is 0 Å². The van der Waals surface area contributed by atoms with Crippen LogP contribution in [0.15, 0.2) is 28.0 Å². The van der Waals surface area contributed by atoms with Crippen molar-refractivity contribution in [2.45, 2.75) is 45.7 Å². The van der Waals surface area contributed by atoms with Crippen molar-refractivity contribution in [3.63, 3.8) is 0 Å². The molecule has 1 fully saturated rings. The Hall–Kier alpha value is -2.08. The molecule has 5 nitrogen and oxygen atoms in total. The Morgan fingerprint density at radius 1 is 1.42 bits per heavy atom. The Labute approximate surface area is 145 Å². The Morgan fingerprint density at radius 3 is 2.83 bits per heavy atom. The van der Waals surface area contributed by atoms with E-state index in [0.717, 1.165) is 23.5 Å². The van der Waals surface area contributed by atoms with E-state index >= 15 is 0 Å². The van der Waals surface area contributed by atoms with Gasteiger partial charge < -0.3 is 14.6 Å². The molecule has 24 heavy (non-hydrogen) atoms. The summed E-state index contributed by atoms with van der Waals surface area (Å²) in [4.78, 5) is 27.7. The third kappa shape index (κ3) is 3.24. The molecule has 2 aromatic rings. The smallest absolute Gasteiger partial charge is 0.264 e. The molecule has 1 N–H and O–H groups in total. The van der Waals surface area contributed by atoms with Crippen LogP contribution < -0.4 is 5.32 Å². The molecular weight excluding hydrogens is 324 g/mol. The number of nitrogens with zero attached hydrogens (tertiary/aromatic N) is 1. The van der Waals surface area contributed by atoms with Crippen molar-refractivity contribution in [1.82, 2.24) is 10.2 Å². The van der Waals surface area contributed by atoms with Crippen LogP contribution in [0.25, 0.3) is 0 Å². The van der Waals surface area contributed by atoms with Crippen molar-refractivity contribution in [3.05, 3.63) is 45.5 Å². The summed E-state index contributed by atoms with van der Waals surface area (Å²) in [7, 11) is 0. The summed E-state index contributed by atoms with van der Waals surface area (Å²) in [6, 6.07) is 5.07. The van der Waals surface area contributed by atoms with Crippen molar-refractivity contribution in [2.24, 2.45) is 0 Å². The molecule has 1 aliphatic heterocycles. The lowest BCUT2D eigenvalue weighted by molar-refractivity contribution is -0.125. The van der Waals surface area contributed by atoms with Crippen LogP contribution in [-0.4, -0.2) is 29.3 Å². The van der Waals surface area contributed by atoms with Crippen LogP contribution in [0.5, 0.6) is 0 Å². The number of aryl methyl sites for hydroxylation is 2. The molecule has 0 radical (unpaired) electrons. The minimum atomic E-state index is -0.393. The highest BCUT2D eigenvalue weighted by Gasteiger charge is 2.35. The van der Waals surface area contributed by atoms with Crippen LogP contribution in [0.1, 0.15) is 52.6 Å². The molecule has 2 aromatic heterocycles. The molecule has 1 saturated heterocycles. The van der Waals surface area contributed by atoms with Gasteiger partial charge in [-0.3, -0.25) is 9.59 Å². The fourth-order valence-corrected chi connectivity index (χ4v) is 3.97. The lowest BCUT2D eigenvalue weighted by atomic mass is 10.1. The van der Waals surface area contributed by atoms with Gasteiger partial charge in [0.1, 0.15) is 17.6 Å².